The molecule has 2 heterocycles. The molecule has 0 aliphatic carbocycles. The number of carboxylic acid groups (broad SMARTS) is 1. The zero-order valence-electron chi connectivity index (χ0n) is 13.3. The van der Waals surface area contributed by atoms with Crippen LogP contribution in [0.2, 0.25) is 0 Å². The molecule has 24 heavy (non-hydrogen) atoms. The second kappa shape index (κ2) is 6.81. The summed E-state index contributed by atoms with van der Waals surface area (Å²) in [6.45, 7) is 2.45. The van der Waals surface area contributed by atoms with Crippen LogP contribution in [0.5, 0.6) is 0 Å². The summed E-state index contributed by atoms with van der Waals surface area (Å²) in [5.41, 5.74) is 1.14. The number of halogens is 1. The molecule has 1 aromatic carbocycles. The summed E-state index contributed by atoms with van der Waals surface area (Å²) in [6.07, 6.45) is 2.24. The highest BCUT2D eigenvalue weighted by Crippen LogP contribution is 2.34. The Bertz CT molecular complexity index is 766. The van der Waals surface area contributed by atoms with Crippen molar-refractivity contribution in [3.63, 3.8) is 0 Å². The van der Waals surface area contributed by atoms with E-state index in [1.165, 1.54) is 6.07 Å². The normalized spacial score (nSPS) is 17.2. The van der Waals surface area contributed by atoms with Crippen molar-refractivity contribution >= 4 is 27.8 Å². The number of amides is 1. The number of hydrogen-bond donors (Lipinski definition) is 1. The number of carbonyl (C=O) groups excluding carboxylic acids is 1. The lowest BCUT2D eigenvalue weighted by atomic mass is 10.0. The molecule has 1 N–H and O–H groups in total. The van der Waals surface area contributed by atoms with Crippen molar-refractivity contribution in [2.45, 2.75) is 32.2 Å². The van der Waals surface area contributed by atoms with Crippen LogP contribution in [0.3, 0.4) is 0 Å². The van der Waals surface area contributed by atoms with Crippen LogP contribution < -0.4 is 0 Å². The van der Waals surface area contributed by atoms with E-state index in [0.29, 0.717) is 18.7 Å². The topological polar surface area (TPSA) is 70.8 Å². The molecule has 0 spiro atoms. The molecular formula is C18H18BrNO4. The highest BCUT2D eigenvalue weighted by Gasteiger charge is 2.33. The van der Waals surface area contributed by atoms with Gasteiger partial charge in [0.05, 0.1) is 6.04 Å². The third kappa shape index (κ3) is 3.11. The van der Waals surface area contributed by atoms with E-state index in [9.17, 15) is 14.7 Å². The van der Waals surface area contributed by atoms with E-state index >= 15 is 0 Å². The summed E-state index contributed by atoms with van der Waals surface area (Å²) in [6, 6.07) is 9.27. The van der Waals surface area contributed by atoms with Gasteiger partial charge in [-0.1, -0.05) is 35.0 Å². The van der Waals surface area contributed by atoms with Crippen LogP contribution >= 0.6 is 15.9 Å². The van der Waals surface area contributed by atoms with Crippen LogP contribution in [-0.4, -0.2) is 28.4 Å². The van der Waals surface area contributed by atoms with Gasteiger partial charge in [0.25, 0.3) is 5.91 Å². The van der Waals surface area contributed by atoms with Gasteiger partial charge in [0, 0.05) is 23.5 Å². The van der Waals surface area contributed by atoms with Crippen molar-refractivity contribution in [3.8, 4) is 0 Å². The van der Waals surface area contributed by atoms with Gasteiger partial charge in [-0.25, -0.2) is 4.79 Å². The average molecular weight is 392 g/mol. The minimum absolute atomic E-state index is 0.00551. The SMILES string of the molecule is CCc1oc(C(=O)N2CCCC2c2ccc(Br)cc2)cc1C(=O)O. The van der Waals surface area contributed by atoms with Crippen molar-refractivity contribution in [3.05, 3.63) is 57.5 Å². The van der Waals surface area contributed by atoms with Crippen molar-refractivity contribution in [2.24, 2.45) is 0 Å². The number of likely N-dealkylation sites (tertiary alicyclic amines) is 1. The molecular weight excluding hydrogens is 374 g/mol. The molecule has 1 unspecified atom stereocenters. The lowest BCUT2D eigenvalue weighted by Gasteiger charge is -2.24. The number of aromatic carboxylic acids is 1. The Morgan fingerprint density at radius 2 is 2.04 bits per heavy atom. The maximum absolute atomic E-state index is 12.8. The van der Waals surface area contributed by atoms with Gasteiger partial charge in [-0.05, 0) is 30.5 Å². The predicted octanol–water partition coefficient (Wildman–Crippen LogP) is 4.28. The number of furan rings is 1. The van der Waals surface area contributed by atoms with Crippen molar-refractivity contribution in [2.75, 3.05) is 6.54 Å². The van der Waals surface area contributed by atoms with Crippen LogP contribution in [0.1, 0.15) is 58.0 Å². The van der Waals surface area contributed by atoms with Gasteiger partial charge in [0.1, 0.15) is 11.3 Å². The molecule has 3 rings (SSSR count). The molecule has 1 aliphatic rings. The first-order valence-electron chi connectivity index (χ1n) is 7.93. The molecule has 5 nitrogen and oxygen atoms in total. The Morgan fingerprint density at radius 1 is 1.33 bits per heavy atom. The van der Waals surface area contributed by atoms with Gasteiger partial charge in [0.2, 0.25) is 0 Å². The lowest BCUT2D eigenvalue weighted by Crippen LogP contribution is -2.30. The monoisotopic (exact) mass is 391 g/mol. The fourth-order valence-electron chi connectivity index (χ4n) is 3.16. The number of rotatable bonds is 4. The summed E-state index contributed by atoms with van der Waals surface area (Å²) in [5, 5.41) is 9.22. The van der Waals surface area contributed by atoms with Gasteiger partial charge in [-0.2, -0.15) is 0 Å². The van der Waals surface area contributed by atoms with Crippen LogP contribution in [0.4, 0.5) is 0 Å². The number of carbonyl (C=O) groups is 2. The smallest absolute Gasteiger partial charge is 0.339 e. The quantitative estimate of drug-likeness (QED) is 0.843. The van der Waals surface area contributed by atoms with Gasteiger partial charge in [0.15, 0.2) is 5.76 Å². The zero-order valence-corrected chi connectivity index (χ0v) is 14.9. The Labute approximate surface area is 148 Å². The van der Waals surface area contributed by atoms with E-state index in [0.717, 1.165) is 22.9 Å². The molecule has 1 saturated heterocycles. The zero-order chi connectivity index (χ0) is 17.3. The van der Waals surface area contributed by atoms with E-state index in [1.54, 1.807) is 11.8 Å². The Balaban J connectivity index is 1.88. The van der Waals surface area contributed by atoms with Crippen molar-refractivity contribution in [1.29, 1.82) is 0 Å². The average Bonchev–Trinajstić information content (AvgIpc) is 3.22. The molecule has 6 heteroatoms. The molecule has 1 atom stereocenters. The molecule has 1 aliphatic heterocycles. The van der Waals surface area contributed by atoms with Gasteiger partial charge in [-0.15, -0.1) is 0 Å². The standard InChI is InChI=1S/C18H18BrNO4/c1-2-15-13(18(22)23)10-16(24-15)17(21)20-9-3-4-14(20)11-5-7-12(19)8-6-11/h5-8,10,14H,2-4,9H2,1H3,(H,22,23). The number of nitrogens with zero attached hydrogens (tertiary/aromatic N) is 1. The molecule has 0 saturated carbocycles. The van der Waals surface area contributed by atoms with Crippen molar-refractivity contribution in [1.82, 2.24) is 4.90 Å². The first kappa shape index (κ1) is 16.8. The summed E-state index contributed by atoms with van der Waals surface area (Å²) >= 11 is 3.42. The minimum atomic E-state index is -1.07. The second-order valence-corrected chi connectivity index (χ2v) is 6.73. The Morgan fingerprint density at radius 3 is 2.62 bits per heavy atom. The van der Waals surface area contributed by atoms with E-state index < -0.39 is 5.97 Å². The molecule has 0 bridgehead atoms. The van der Waals surface area contributed by atoms with E-state index in [4.69, 9.17) is 4.42 Å². The number of carboxylic acids is 1. The van der Waals surface area contributed by atoms with Gasteiger partial charge in [-0.3, -0.25) is 4.79 Å². The predicted molar refractivity (Wildman–Crippen MR) is 92.2 cm³/mol. The molecule has 1 fully saturated rings. The molecule has 2 aromatic rings. The van der Waals surface area contributed by atoms with Crippen LogP contribution in [0.15, 0.2) is 39.2 Å². The van der Waals surface area contributed by atoms with Crippen molar-refractivity contribution < 1.29 is 19.1 Å². The Kier molecular flexibility index (Phi) is 4.76. The second-order valence-electron chi connectivity index (χ2n) is 5.81. The molecule has 1 aromatic heterocycles. The van der Waals surface area contributed by atoms with E-state index in [1.807, 2.05) is 24.3 Å². The molecule has 126 valence electrons. The molecule has 1 amide bonds. The first-order chi connectivity index (χ1) is 11.5. The van der Waals surface area contributed by atoms with Gasteiger partial charge >= 0.3 is 5.97 Å². The molecule has 0 radical (unpaired) electrons. The maximum atomic E-state index is 12.8. The number of hydrogen-bond acceptors (Lipinski definition) is 3. The van der Waals surface area contributed by atoms with Crippen LogP contribution in [0.25, 0.3) is 0 Å². The van der Waals surface area contributed by atoms with Crippen LogP contribution in [0, 0.1) is 0 Å². The largest absolute Gasteiger partial charge is 0.478 e. The maximum Gasteiger partial charge on any atom is 0.339 e. The minimum Gasteiger partial charge on any atom is -0.478 e. The summed E-state index contributed by atoms with van der Waals surface area (Å²) in [5.74, 6) is -0.873. The highest BCUT2D eigenvalue weighted by molar-refractivity contribution is 9.10. The summed E-state index contributed by atoms with van der Waals surface area (Å²) in [7, 11) is 0. The fraction of sp³-hybridized carbons (Fsp3) is 0.333. The lowest BCUT2D eigenvalue weighted by molar-refractivity contribution is 0.0687. The Hall–Kier alpha value is -2.08. The third-order valence-corrected chi connectivity index (χ3v) is 4.87. The third-order valence-electron chi connectivity index (χ3n) is 4.34. The summed E-state index contributed by atoms with van der Waals surface area (Å²) in [4.78, 5) is 25.9. The van der Waals surface area contributed by atoms with E-state index in [2.05, 4.69) is 15.9 Å². The van der Waals surface area contributed by atoms with Crippen LogP contribution in [-0.2, 0) is 6.42 Å². The number of aryl methyl sites for hydroxylation is 1. The first-order valence-corrected chi connectivity index (χ1v) is 8.73. The number of benzene rings is 1. The fourth-order valence-corrected chi connectivity index (χ4v) is 3.42. The summed E-state index contributed by atoms with van der Waals surface area (Å²) < 4.78 is 6.52. The highest BCUT2D eigenvalue weighted by atomic mass is 79.9. The van der Waals surface area contributed by atoms with E-state index in [-0.39, 0.29) is 23.3 Å². The van der Waals surface area contributed by atoms with Gasteiger partial charge < -0.3 is 14.4 Å².